The lowest BCUT2D eigenvalue weighted by Gasteiger charge is -2.12. The Hall–Kier alpha value is -1.66. The van der Waals surface area contributed by atoms with Crippen molar-refractivity contribution in [1.29, 1.82) is 0 Å². The fourth-order valence-corrected chi connectivity index (χ4v) is 2.17. The predicted molar refractivity (Wildman–Crippen MR) is 79.9 cm³/mol. The maximum absolute atomic E-state index is 5.71. The minimum atomic E-state index is 0.340. The van der Waals surface area contributed by atoms with E-state index in [9.17, 15) is 0 Å². The third-order valence-corrected chi connectivity index (χ3v) is 3.35. The average Bonchev–Trinajstić information content (AvgIpc) is 2.90. The van der Waals surface area contributed by atoms with Gasteiger partial charge in [0.05, 0.1) is 6.61 Å². The lowest BCUT2D eigenvalue weighted by Crippen LogP contribution is -2.10. The van der Waals surface area contributed by atoms with E-state index in [-0.39, 0.29) is 0 Å². The summed E-state index contributed by atoms with van der Waals surface area (Å²) >= 11 is 6.50. The van der Waals surface area contributed by atoms with Crippen molar-refractivity contribution in [2.45, 2.75) is 13.5 Å². The van der Waals surface area contributed by atoms with Gasteiger partial charge in [-0.25, -0.2) is 4.98 Å². The average molecular weight is 294 g/mol. The molecule has 19 heavy (non-hydrogen) atoms. The Morgan fingerprint density at radius 1 is 1.37 bits per heavy atom. The molecule has 2 aromatic rings. The van der Waals surface area contributed by atoms with Crippen LogP contribution in [0.3, 0.4) is 0 Å². The highest BCUT2D eigenvalue weighted by atomic mass is 32.1. The van der Waals surface area contributed by atoms with Crippen LogP contribution in [0.5, 0.6) is 11.5 Å². The van der Waals surface area contributed by atoms with E-state index in [4.69, 9.17) is 27.4 Å². The molecule has 0 aliphatic rings. The Bertz CT molecular complexity index is 556. The number of hydrogen-bond donors (Lipinski definition) is 1. The lowest BCUT2D eigenvalue weighted by molar-refractivity contribution is 0.269. The second-order valence-corrected chi connectivity index (χ2v) is 5.09. The monoisotopic (exact) mass is 294 g/mol. The molecule has 1 aromatic carbocycles. The van der Waals surface area contributed by atoms with Gasteiger partial charge < -0.3 is 15.2 Å². The smallest absolute Gasteiger partial charge is 0.161 e. The molecule has 0 fully saturated rings. The predicted octanol–water partition coefficient (Wildman–Crippen LogP) is 2.76. The Morgan fingerprint density at radius 2 is 2.21 bits per heavy atom. The van der Waals surface area contributed by atoms with Crippen molar-refractivity contribution < 1.29 is 9.47 Å². The molecule has 0 bridgehead atoms. The maximum atomic E-state index is 5.71. The SMILES string of the molecule is CCOc1cc(C(N)=S)ccc1OCc1nccs1. The zero-order valence-electron chi connectivity index (χ0n) is 10.5. The molecule has 0 radical (unpaired) electrons. The van der Waals surface area contributed by atoms with Gasteiger partial charge in [-0.2, -0.15) is 0 Å². The van der Waals surface area contributed by atoms with Crippen LogP contribution in [0.25, 0.3) is 0 Å². The van der Waals surface area contributed by atoms with Crippen LogP contribution in [0.1, 0.15) is 17.5 Å². The molecule has 0 aliphatic carbocycles. The third-order valence-electron chi connectivity index (χ3n) is 2.36. The number of nitrogens with two attached hydrogens (primary N) is 1. The number of nitrogens with zero attached hydrogens (tertiary/aromatic N) is 1. The molecular weight excluding hydrogens is 280 g/mol. The van der Waals surface area contributed by atoms with Gasteiger partial charge in [-0.3, -0.25) is 0 Å². The normalized spacial score (nSPS) is 10.2. The number of rotatable bonds is 6. The van der Waals surface area contributed by atoms with E-state index < -0.39 is 0 Å². The summed E-state index contributed by atoms with van der Waals surface area (Å²) in [6, 6.07) is 5.43. The second kappa shape index (κ2) is 6.49. The molecule has 2 N–H and O–H groups in total. The van der Waals surface area contributed by atoms with Crippen molar-refractivity contribution in [3.8, 4) is 11.5 Å². The molecule has 0 saturated carbocycles. The van der Waals surface area contributed by atoms with E-state index in [1.165, 1.54) is 0 Å². The van der Waals surface area contributed by atoms with Crippen molar-refractivity contribution in [3.63, 3.8) is 0 Å². The van der Waals surface area contributed by atoms with E-state index in [1.807, 2.05) is 24.4 Å². The van der Waals surface area contributed by atoms with E-state index >= 15 is 0 Å². The summed E-state index contributed by atoms with van der Waals surface area (Å²) in [5.41, 5.74) is 6.37. The van der Waals surface area contributed by atoms with E-state index in [2.05, 4.69) is 4.98 Å². The minimum absolute atomic E-state index is 0.340. The molecule has 1 aromatic heterocycles. The summed E-state index contributed by atoms with van der Waals surface area (Å²) in [7, 11) is 0. The van der Waals surface area contributed by atoms with Crippen LogP contribution in [0.4, 0.5) is 0 Å². The zero-order chi connectivity index (χ0) is 13.7. The summed E-state index contributed by atoms with van der Waals surface area (Å²) < 4.78 is 11.2. The van der Waals surface area contributed by atoms with Gasteiger partial charge in [0.2, 0.25) is 0 Å². The number of benzene rings is 1. The molecule has 1 heterocycles. The first-order chi connectivity index (χ1) is 9.20. The summed E-state index contributed by atoms with van der Waals surface area (Å²) in [4.78, 5) is 4.50. The van der Waals surface area contributed by atoms with Crippen LogP contribution in [0.2, 0.25) is 0 Å². The van der Waals surface area contributed by atoms with Gasteiger partial charge in [0.15, 0.2) is 11.5 Å². The van der Waals surface area contributed by atoms with Gasteiger partial charge in [0, 0.05) is 17.1 Å². The summed E-state index contributed by atoms with van der Waals surface area (Å²) in [5.74, 6) is 1.31. The van der Waals surface area contributed by atoms with Crippen LogP contribution < -0.4 is 15.2 Å². The number of hydrogen-bond acceptors (Lipinski definition) is 5. The third kappa shape index (κ3) is 3.65. The van der Waals surface area contributed by atoms with Crippen molar-refractivity contribution in [1.82, 2.24) is 4.98 Å². The molecule has 0 aliphatic heterocycles. The van der Waals surface area contributed by atoms with Crippen LogP contribution in [0.15, 0.2) is 29.8 Å². The molecule has 4 nitrogen and oxygen atoms in total. The fourth-order valence-electron chi connectivity index (χ4n) is 1.51. The van der Waals surface area contributed by atoms with E-state index in [0.717, 1.165) is 10.6 Å². The number of thiocarbonyl (C=S) groups is 1. The molecule has 6 heteroatoms. The quantitative estimate of drug-likeness (QED) is 0.830. The highest BCUT2D eigenvalue weighted by Gasteiger charge is 2.08. The molecule has 2 rings (SSSR count). The molecule has 0 saturated heterocycles. The van der Waals surface area contributed by atoms with Gasteiger partial charge in [-0.15, -0.1) is 11.3 Å². The summed E-state index contributed by atoms with van der Waals surface area (Å²) in [6.45, 7) is 2.89. The summed E-state index contributed by atoms with van der Waals surface area (Å²) in [5, 5.41) is 2.83. The van der Waals surface area contributed by atoms with Crippen molar-refractivity contribution in [3.05, 3.63) is 40.3 Å². The van der Waals surface area contributed by atoms with Crippen molar-refractivity contribution in [2.75, 3.05) is 6.61 Å². The highest BCUT2D eigenvalue weighted by Crippen LogP contribution is 2.29. The van der Waals surface area contributed by atoms with E-state index in [1.54, 1.807) is 23.6 Å². The topological polar surface area (TPSA) is 57.4 Å². The minimum Gasteiger partial charge on any atom is -0.490 e. The van der Waals surface area contributed by atoms with Gasteiger partial charge in [0.25, 0.3) is 0 Å². The van der Waals surface area contributed by atoms with Gasteiger partial charge in [0.1, 0.15) is 16.6 Å². The van der Waals surface area contributed by atoms with Gasteiger partial charge >= 0.3 is 0 Å². The van der Waals surface area contributed by atoms with Gasteiger partial charge in [-0.05, 0) is 25.1 Å². The van der Waals surface area contributed by atoms with Crippen LogP contribution in [-0.2, 0) is 6.61 Å². The van der Waals surface area contributed by atoms with Crippen LogP contribution in [-0.4, -0.2) is 16.6 Å². The Balaban J connectivity index is 2.16. The number of ether oxygens (including phenoxy) is 2. The first kappa shape index (κ1) is 13.8. The second-order valence-electron chi connectivity index (χ2n) is 3.67. The maximum Gasteiger partial charge on any atom is 0.161 e. The molecule has 100 valence electrons. The first-order valence-corrected chi connectivity index (χ1v) is 7.07. The molecule has 0 amide bonds. The summed E-state index contributed by atoms with van der Waals surface area (Å²) in [6.07, 6.45) is 1.75. The Labute approximate surface area is 121 Å². The standard InChI is InChI=1S/C13H14N2O2S2/c1-2-16-11-7-9(13(14)18)3-4-10(11)17-8-12-15-5-6-19-12/h3-7H,2,8H2,1H3,(H2,14,18). The van der Waals surface area contributed by atoms with Crippen LogP contribution in [0, 0.1) is 0 Å². The number of thiazole rings is 1. The molecule has 0 unspecified atom stereocenters. The molecule has 0 spiro atoms. The van der Waals surface area contributed by atoms with Crippen LogP contribution >= 0.6 is 23.6 Å². The van der Waals surface area contributed by atoms with Crippen molar-refractivity contribution in [2.24, 2.45) is 5.73 Å². The van der Waals surface area contributed by atoms with Crippen molar-refractivity contribution >= 4 is 28.5 Å². The number of aromatic nitrogens is 1. The largest absolute Gasteiger partial charge is 0.490 e. The molecule has 0 atom stereocenters. The van der Waals surface area contributed by atoms with E-state index in [0.29, 0.717) is 29.7 Å². The van der Waals surface area contributed by atoms with Gasteiger partial charge in [-0.1, -0.05) is 12.2 Å². The Morgan fingerprint density at radius 3 is 2.84 bits per heavy atom. The Kier molecular flexibility index (Phi) is 4.70. The molecular formula is C13H14N2O2S2. The lowest BCUT2D eigenvalue weighted by atomic mass is 10.2. The first-order valence-electron chi connectivity index (χ1n) is 5.78. The highest BCUT2D eigenvalue weighted by molar-refractivity contribution is 7.80. The zero-order valence-corrected chi connectivity index (χ0v) is 12.1. The fraction of sp³-hybridized carbons (Fsp3) is 0.231.